The van der Waals surface area contributed by atoms with Gasteiger partial charge in [0.05, 0.1) is 0 Å². The van der Waals surface area contributed by atoms with Crippen molar-refractivity contribution in [2.45, 2.75) is 65.7 Å². The molecule has 35 heavy (non-hydrogen) atoms. The van der Waals surface area contributed by atoms with Crippen molar-refractivity contribution in [2.75, 3.05) is 12.3 Å². The molecule has 188 valence electrons. The summed E-state index contributed by atoms with van der Waals surface area (Å²) in [6.07, 6.45) is 5.40. The number of rotatable bonds is 8. The fourth-order valence-corrected chi connectivity index (χ4v) is 10.1. The Bertz CT molecular complexity index is 1020. The molecule has 4 rings (SSSR count). The first-order chi connectivity index (χ1) is 15.4. The van der Waals surface area contributed by atoms with Gasteiger partial charge in [0.1, 0.15) is 0 Å². The van der Waals surface area contributed by atoms with Crippen molar-refractivity contribution in [3.63, 3.8) is 0 Å². The first-order valence-corrected chi connectivity index (χ1v) is 15.5. The standard InChI is InChI=1S/2C15H20P.2ClH.Ti/c1-11(2)16(12(3)4)15-9-13-7-5-6-8-14(13)10-15;1-3-9-16(10-4-2)15-11-13-7-5-6-8-14(13)12-15;;;/h5-12H,1-4H3;5-8,11-12H,3-4,9-10H2,1-2H3;2*1H;/q2*-1;;;+4/p-2. The van der Waals surface area contributed by atoms with Crippen LogP contribution in [0.1, 0.15) is 54.4 Å². The number of benzene rings is 2. The van der Waals surface area contributed by atoms with E-state index in [-0.39, 0.29) is 62.4 Å². The third kappa shape index (κ3) is 9.57. The summed E-state index contributed by atoms with van der Waals surface area (Å²) in [6.45, 7) is 14.0. The summed E-state index contributed by atoms with van der Waals surface area (Å²) in [4.78, 5) is 0. The summed E-state index contributed by atoms with van der Waals surface area (Å²) in [7, 11) is 0.0766. The zero-order valence-electron chi connectivity index (χ0n) is 22.1. The summed E-state index contributed by atoms with van der Waals surface area (Å²) in [6, 6.07) is 27.0. The smallest absolute Gasteiger partial charge is 1.00 e. The number of fused-ring (bicyclic) bond motifs is 2. The quantitative estimate of drug-likeness (QED) is 0.171. The van der Waals surface area contributed by atoms with E-state index < -0.39 is 0 Å². The molecule has 0 aliphatic carbocycles. The average Bonchev–Trinajstić information content (AvgIpc) is 3.37. The van der Waals surface area contributed by atoms with E-state index in [0.717, 1.165) is 11.3 Å². The molecule has 0 radical (unpaired) electrons. The van der Waals surface area contributed by atoms with Gasteiger partial charge in [-0.15, -0.1) is 80.7 Å². The number of hydrogen-bond donors (Lipinski definition) is 0. The average molecular weight is 581 g/mol. The molecule has 0 amide bonds. The van der Waals surface area contributed by atoms with E-state index >= 15 is 0 Å². The van der Waals surface area contributed by atoms with Gasteiger partial charge in [-0.3, -0.25) is 0 Å². The van der Waals surface area contributed by atoms with Gasteiger partial charge in [0, 0.05) is 0 Å². The molecule has 0 N–H and O–H groups in total. The largest absolute Gasteiger partial charge is 4.00 e. The van der Waals surface area contributed by atoms with Crippen LogP contribution in [0.3, 0.4) is 0 Å². The Kier molecular flexibility index (Phi) is 17.3. The molecule has 0 atom stereocenters. The first kappa shape index (κ1) is 34.8. The molecular formula is C30H40Cl2P2Ti. The summed E-state index contributed by atoms with van der Waals surface area (Å²) in [5, 5.41) is 8.80. The van der Waals surface area contributed by atoms with E-state index in [0.29, 0.717) is 0 Å². The fraction of sp³-hybridized carbons (Fsp3) is 0.400. The van der Waals surface area contributed by atoms with Crippen molar-refractivity contribution in [1.29, 1.82) is 0 Å². The van der Waals surface area contributed by atoms with Gasteiger partial charge in [-0.1, -0.05) is 82.4 Å². The third-order valence-electron chi connectivity index (χ3n) is 5.97. The Morgan fingerprint density at radius 1 is 0.657 bits per heavy atom. The van der Waals surface area contributed by atoms with Crippen LogP contribution in [0.2, 0.25) is 0 Å². The second-order valence-electron chi connectivity index (χ2n) is 9.27. The molecule has 0 unspecified atom stereocenters. The van der Waals surface area contributed by atoms with Crippen LogP contribution in [0.15, 0.2) is 72.8 Å². The van der Waals surface area contributed by atoms with Crippen LogP contribution in [0.4, 0.5) is 0 Å². The van der Waals surface area contributed by atoms with Crippen molar-refractivity contribution >= 4 is 48.0 Å². The minimum Gasteiger partial charge on any atom is -1.00 e. The predicted octanol–water partition coefficient (Wildman–Crippen LogP) is 2.97. The molecule has 0 saturated carbocycles. The topological polar surface area (TPSA) is 0 Å². The van der Waals surface area contributed by atoms with Crippen molar-refractivity contribution < 1.29 is 46.5 Å². The normalized spacial score (nSPS) is 10.8. The Labute approximate surface area is 244 Å². The molecular weight excluding hydrogens is 541 g/mol. The second kappa shape index (κ2) is 17.3. The van der Waals surface area contributed by atoms with Gasteiger partial charge < -0.3 is 24.8 Å². The van der Waals surface area contributed by atoms with E-state index in [9.17, 15) is 0 Å². The molecule has 0 spiro atoms. The van der Waals surface area contributed by atoms with Crippen LogP contribution >= 0.6 is 15.8 Å². The SMILES string of the molecule is CC(C)P(c1cc2ccccc2[cH-]1)C(C)C.CCCP(CCC)c1cc2ccccc2[cH-]1.[Cl-].[Cl-].[Ti+4]. The van der Waals surface area contributed by atoms with Crippen LogP contribution in [-0.4, -0.2) is 23.6 Å². The third-order valence-corrected chi connectivity index (χ3v) is 12.0. The molecule has 0 saturated heterocycles. The number of hydrogen-bond acceptors (Lipinski definition) is 0. The maximum absolute atomic E-state index is 2.41. The van der Waals surface area contributed by atoms with Crippen molar-refractivity contribution in [3.05, 3.63) is 72.8 Å². The van der Waals surface area contributed by atoms with Gasteiger partial charge >= 0.3 is 21.7 Å². The molecule has 4 aromatic carbocycles. The zero-order chi connectivity index (χ0) is 23.1. The predicted molar refractivity (Wildman–Crippen MR) is 153 cm³/mol. The van der Waals surface area contributed by atoms with Crippen LogP contribution in [0.25, 0.3) is 21.5 Å². The molecule has 0 aromatic heterocycles. The number of halogens is 2. The molecule has 0 heterocycles. The van der Waals surface area contributed by atoms with Crippen molar-refractivity contribution in [3.8, 4) is 0 Å². The molecule has 0 nitrogen and oxygen atoms in total. The molecule has 0 aliphatic rings. The summed E-state index contributed by atoms with van der Waals surface area (Å²) >= 11 is 0. The van der Waals surface area contributed by atoms with E-state index in [1.165, 1.54) is 46.7 Å². The van der Waals surface area contributed by atoms with Crippen LogP contribution in [0, 0.1) is 0 Å². The molecule has 0 aliphatic heterocycles. The van der Waals surface area contributed by atoms with E-state index in [1.54, 1.807) is 10.6 Å². The van der Waals surface area contributed by atoms with E-state index in [1.807, 2.05) is 0 Å². The Morgan fingerprint density at radius 2 is 1.06 bits per heavy atom. The molecule has 5 heteroatoms. The van der Waals surface area contributed by atoms with Crippen molar-refractivity contribution in [2.24, 2.45) is 0 Å². The Balaban J connectivity index is 0.000000608. The van der Waals surface area contributed by atoms with Gasteiger partial charge in [0.2, 0.25) is 0 Å². The minimum absolute atomic E-state index is 0. The van der Waals surface area contributed by atoms with E-state index in [4.69, 9.17) is 0 Å². The molecule has 4 aromatic rings. The zero-order valence-corrected chi connectivity index (χ0v) is 26.9. The van der Waals surface area contributed by atoms with E-state index in [2.05, 4.69) is 114 Å². The van der Waals surface area contributed by atoms with Crippen LogP contribution in [0.5, 0.6) is 0 Å². The fourth-order valence-electron chi connectivity index (χ4n) is 4.70. The van der Waals surface area contributed by atoms with Gasteiger partial charge in [0.25, 0.3) is 0 Å². The monoisotopic (exact) mass is 580 g/mol. The van der Waals surface area contributed by atoms with Gasteiger partial charge in [-0.05, 0) is 23.6 Å². The van der Waals surface area contributed by atoms with Crippen LogP contribution < -0.4 is 35.4 Å². The summed E-state index contributed by atoms with van der Waals surface area (Å²) < 4.78 is 0. The summed E-state index contributed by atoms with van der Waals surface area (Å²) in [5.74, 6) is 0. The maximum Gasteiger partial charge on any atom is 4.00 e. The Morgan fingerprint density at radius 3 is 1.46 bits per heavy atom. The molecule has 0 fully saturated rings. The van der Waals surface area contributed by atoms with Gasteiger partial charge in [0.15, 0.2) is 0 Å². The minimum atomic E-state index is -0.0206. The van der Waals surface area contributed by atoms with Gasteiger partial charge in [-0.2, -0.15) is 12.1 Å². The van der Waals surface area contributed by atoms with Crippen molar-refractivity contribution in [1.82, 2.24) is 0 Å². The van der Waals surface area contributed by atoms with Gasteiger partial charge in [-0.25, -0.2) is 0 Å². The molecule has 0 bridgehead atoms. The Hall–Kier alpha value is -0.186. The van der Waals surface area contributed by atoms with Crippen LogP contribution in [-0.2, 0) is 21.7 Å². The summed E-state index contributed by atoms with van der Waals surface area (Å²) in [5.41, 5.74) is 1.54. The first-order valence-electron chi connectivity index (χ1n) is 12.3. The second-order valence-corrected chi connectivity index (χ2v) is 15.2. The maximum atomic E-state index is 2.41.